The van der Waals surface area contributed by atoms with Gasteiger partial charge in [-0.05, 0) is 17.7 Å². The summed E-state index contributed by atoms with van der Waals surface area (Å²) in [5.41, 5.74) is 1.24. The van der Waals surface area contributed by atoms with Gasteiger partial charge in [0, 0.05) is 0 Å². The zero-order valence-electron chi connectivity index (χ0n) is 13.3. The molecule has 126 valence electrons. The zero-order chi connectivity index (χ0) is 17.4. The van der Waals surface area contributed by atoms with Crippen molar-refractivity contribution in [2.24, 2.45) is 0 Å². The molecule has 0 saturated carbocycles. The minimum Gasteiger partial charge on any atom is -0.488 e. The van der Waals surface area contributed by atoms with Crippen LogP contribution in [-0.4, -0.2) is 36.7 Å². The number of methoxy groups -OCH3 is 1. The van der Waals surface area contributed by atoms with Crippen LogP contribution in [0, 0.1) is 0 Å². The smallest absolute Gasteiger partial charge is 0.330 e. The highest BCUT2D eigenvalue weighted by Gasteiger charge is 2.22. The predicted molar refractivity (Wildman–Crippen MR) is 87.6 cm³/mol. The molecular weight excluding hydrogens is 310 g/mol. The molecule has 2 aromatic rings. The first kappa shape index (κ1) is 17.5. The number of amides is 1. The summed E-state index contributed by atoms with van der Waals surface area (Å²) in [6.45, 7) is -0.239. The number of hydrogen-bond donors (Lipinski definition) is 2. The molecular formula is C18H19NO5. The minimum atomic E-state index is -1.12. The van der Waals surface area contributed by atoms with Gasteiger partial charge in [0.2, 0.25) is 0 Å². The van der Waals surface area contributed by atoms with Crippen LogP contribution in [0.5, 0.6) is 5.75 Å². The standard InChI is InChI=1S/C18H19NO5/c1-23-18(22)15(11-20)19-17(21)14-9-5-6-10-16(14)24-12-13-7-3-2-4-8-13/h2-10,15,20H,11-12H2,1H3,(H,19,21)/t15-/m0/s1. The van der Waals surface area contributed by atoms with E-state index in [2.05, 4.69) is 10.1 Å². The van der Waals surface area contributed by atoms with Crippen molar-refractivity contribution in [3.8, 4) is 5.75 Å². The van der Waals surface area contributed by atoms with Crippen LogP contribution in [0.2, 0.25) is 0 Å². The fourth-order valence-electron chi connectivity index (χ4n) is 2.07. The van der Waals surface area contributed by atoms with Crippen LogP contribution in [0.3, 0.4) is 0 Å². The van der Waals surface area contributed by atoms with E-state index in [0.29, 0.717) is 12.4 Å². The second-order valence-electron chi connectivity index (χ2n) is 5.00. The van der Waals surface area contributed by atoms with Crippen molar-refractivity contribution in [2.75, 3.05) is 13.7 Å². The Balaban J connectivity index is 2.09. The molecule has 1 amide bonds. The molecule has 1 atom stereocenters. The van der Waals surface area contributed by atoms with E-state index in [9.17, 15) is 14.7 Å². The van der Waals surface area contributed by atoms with Crippen LogP contribution in [0.25, 0.3) is 0 Å². The van der Waals surface area contributed by atoms with Gasteiger partial charge in [-0.25, -0.2) is 4.79 Å². The number of para-hydroxylation sites is 1. The van der Waals surface area contributed by atoms with Crippen LogP contribution >= 0.6 is 0 Å². The van der Waals surface area contributed by atoms with Crippen molar-refractivity contribution in [3.63, 3.8) is 0 Å². The van der Waals surface area contributed by atoms with Gasteiger partial charge in [0.05, 0.1) is 19.3 Å². The normalized spacial score (nSPS) is 11.4. The van der Waals surface area contributed by atoms with E-state index in [1.807, 2.05) is 30.3 Å². The Bertz CT molecular complexity index is 687. The number of aliphatic hydroxyl groups is 1. The van der Waals surface area contributed by atoms with Gasteiger partial charge in [0.1, 0.15) is 12.4 Å². The number of hydrogen-bond acceptors (Lipinski definition) is 5. The molecule has 2 aromatic carbocycles. The van der Waals surface area contributed by atoms with E-state index in [4.69, 9.17) is 4.74 Å². The van der Waals surface area contributed by atoms with Crippen LogP contribution in [0.1, 0.15) is 15.9 Å². The monoisotopic (exact) mass is 329 g/mol. The average Bonchev–Trinajstić information content (AvgIpc) is 2.64. The van der Waals surface area contributed by atoms with Crippen LogP contribution < -0.4 is 10.1 Å². The third-order valence-corrected chi connectivity index (χ3v) is 3.34. The summed E-state index contributed by atoms with van der Waals surface area (Å²) in [7, 11) is 1.19. The fourth-order valence-corrected chi connectivity index (χ4v) is 2.07. The number of ether oxygens (including phenoxy) is 2. The first-order chi connectivity index (χ1) is 11.7. The SMILES string of the molecule is COC(=O)[C@H](CO)NC(=O)c1ccccc1OCc1ccccc1. The zero-order valence-corrected chi connectivity index (χ0v) is 13.3. The maximum Gasteiger partial charge on any atom is 0.330 e. The van der Waals surface area contributed by atoms with Crippen LogP contribution in [0.15, 0.2) is 54.6 Å². The maximum absolute atomic E-state index is 12.4. The third-order valence-electron chi connectivity index (χ3n) is 3.34. The van der Waals surface area contributed by atoms with Gasteiger partial charge in [-0.3, -0.25) is 4.79 Å². The quantitative estimate of drug-likeness (QED) is 0.753. The molecule has 6 nitrogen and oxygen atoms in total. The number of nitrogens with one attached hydrogen (secondary N) is 1. The lowest BCUT2D eigenvalue weighted by Crippen LogP contribution is -2.44. The molecule has 0 spiro atoms. The number of aliphatic hydroxyl groups excluding tert-OH is 1. The molecule has 0 aliphatic rings. The molecule has 2 rings (SSSR count). The van der Waals surface area contributed by atoms with Gasteiger partial charge >= 0.3 is 5.97 Å². The Morgan fingerprint density at radius 1 is 1.08 bits per heavy atom. The largest absolute Gasteiger partial charge is 0.488 e. The summed E-state index contributed by atoms with van der Waals surface area (Å²) in [5, 5.41) is 11.6. The van der Waals surface area contributed by atoms with Crippen molar-refractivity contribution in [2.45, 2.75) is 12.6 Å². The highest BCUT2D eigenvalue weighted by molar-refractivity contribution is 5.99. The lowest BCUT2D eigenvalue weighted by atomic mass is 10.1. The highest BCUT2D eigenvalue weighted by Crippen LogP contribution is 2.19. The molecule has 0 radical (unpaired) electrons. The Morgan fingerprint density at radius 3 is 2.42 bits per heavy atom. The Morgan fingerprint density at radius 2 is 1.75 bits per heavy atom. The molecule has 0 fully saturated rings. The van der Waals surface area contributed by atoms with Crippen molar-refractivity contribution < 1.29 is 24.2 Å². The molecule has 0 saturated heterocycles. The summed E-state index contributed by atoms with van der Waals surface area (Å²) >= 11 is 0. The molecule has 2 N–H and O–H groups in total. The molecule has 0 aliphatic heterocycles. The number of rotatable bonds is 7. The molecule has 0 unspecified atom stereocenters. The highest BCUT2D eigenvalue weighted by atomic mass is 16.5. The molecule has 0 bridgehead atoms. The summed E-state index contributed by atoms with van der Waals surface area (Å²) in [5.74, 6) is -0.850. The molecule has 0 aromatic heterocycles. The first-order valence-electron chi connectivity index (χ1n) is 7.41. The fraction of sp³-hybridized carbons (Fsp3) is 0.222. The minimum absolute atomic E-state index is 0.274. The Hall–Kier alpha value is -2.86. The second kappa shape index (κ2) is 8.69. The van der Waals surface area contributed by atoms with Gasteiger partial charge in [-0.2, -0.15) is 0 Å². The van der Waals surface area contributed by atoms with Gasteiger partial charge < -0.3 is 19.9 Å². The van der Waals surface area contributed by atoms with Gasteiger partial charge in [-0.1, -0.05) is 42.5 Å². The van der Waals surface area contributed by atoms with Gasteiger partial charge in [-0.15, -0.1) is 0 Å². The number of carbonyl (C=O) groups excluding carboxylic acids is 2. The van der Waals surface area contributed by atoms with Crippen LogP contribution in [-0.2, 0) is 16.1 Å². The lowest BCUT2D eigenvalue weighted by molar-refractivity contribution is -0.143. The van der Waals surface area contributed by atoms with E-state index < -0.39 is 24.5 Å². The van der Waals surface area contributed by atoms with E-state index >= 15 is 0 Å². The van der Waals surface area contributed by atoms with Crippen molar-refractivity contribution in [3.05, 3.63) is 65.7 Å². The van der Waals surface area contributed by atoms with Gasteiger partial charge in [0.25, 0.3) is 5.91 Å². The van der Waals surface area contributed by atoms with Crippen molar-refractivity contribution >= 4 is 11.9 Å². The number of carbonyl (C=O) groups is 2. The van der Waals surface area contributed by atoms with E-state index in [-0.39, 0.29) is 5.56 Å². The summed E-state index contributed by atoms with van der Waals surface area (Å²) < 4.78 is 10.2. The van der Waals surface area contributed by atoms with E-state index in [1.54, 1.807) is 24.3 Å². The topological polar surface area (TPSA) is 84.9 Å². The van der Waals surface area contributed by atoms with E-state index in [1.165, 1.54) is 7.11 Å². The van der Waals surface area contributed by atoms with E-state index in [0.717, 1.165) is 5.56 Å². The molecule has 0 heterocycles. The van der Waals surface area contributed by atoms with Crippen LogP contribution in [0.4, 0.5) is 0 Å². The number of esters is 1. The summed E-state index contributed by atoms with van der Waals surface area (Å²) in [4.78, 5) is 23.8. The summed E-state index contributed by atoms with van der Waals surface area (Å²) in [6.07, 6.45) is 0. The lowest BCUT2D eigenvalue weighted by Gasteiger charge is -2.16. The number of benzene rings is 2. The molecule has 0 aliphatic carbocycles. The summed E-state index contributed by atoms with van der Waals surface area (Å²) in [6, 6.07) is 15.1. The van der Waals surface area contributed by atoms with Crippen molar-refractivity contribution in [1.82, 2.24) is 5.32 Å². The first-order valence-corrected chi connectivity index (χ1v) is 7.41. The average molecular weight is 329 g/mol. The third kappa shape index (κ3) is 4.57. The molecule has 6 heteroatoms. The Labute approximate surface area is 140 Å². The Kier molecular flexibility index (Phi) is 6.33. The second-order valence-corrected chi connectivity index (χ2v) is 5.00. The predicted octanol–water partition coefficient (Wildman–Crippen LogP) is 1.53. The maximum atomic E-state index is 12.4. The molecule has 24 heavy (non-hydrogen) atoms. The van der Waals surface area contributed by atoms with Crippen molar-refractivity contribution in [1.29, 1.82) is 0 Å². The van der Waals surface area contributed by atoms with Gasteiger partial charge in [0.15, 0.2) is 6.04 Å².